The van der Waals surface area contributed by atoms with Crippen LogP contribution in [-0.4, -0.2) is 157 Å². The molecule has 4 rings (SSSR count). The van der Waals surface area contributed by atoms with Gasteiger partial charge in [0, 0.05) is 116 Å². The van der Waals surface area contributed by atoms with Crippen LogP contribution in [0.25, 0.3) is 0 Å². The Hall–Kier alpha value is -1.87. The van der Waals surface area contributed by atoms with Crippen molar-refractivity contribution in [1.82, 2.24) is 28.9 Å². The van der Waals surface area contributed by atoms with Crippen molar-refractivity contribution in [3.8, 4) is 0 Å². The van der Waals surface area contributed by atoms with Crippen LogP contribution in [0, 0.1) is 0 Å². The van der Waals surface area contributed by atoms with Gasteiger partial charge in [0.05, 0.1) is 24.4 Å². The van der Waals surface area contributed by atoms with E-state index in [4.69, 9.17) is 19.3 Å². The molecule has 0 amide bonds. The number of aliphatic hydroxyl groups is 1. The fourth-order valence-electron chi connectivity index (χ4n) is 5.85. The van der Waals surface area contributed by atoms with E-state index in [0.29, 0.717) is 56.4 Å². The molecule has 0 spiro atoms. The molecule has 2 aromatic rings. The standard InChI is InChI=1S/C20H36N4O4Si.C18H34N4O3Si.B.Na.H/c1-6-28-18(25)8-7-17-15-24(16-27-13-14-29(3,4)5)20(26)19(21-17)23-11-9-22(2)10-12-23;1-20-7-9-21(10-8-20)17-18(24)22(14-16(19-17)6-5-11-23)15-25-12-13-26(2,3)4;;;/h15H,6-14,16H2,1-5H3;14,23H,5-13,15H2,1-4H3;;;/q;;;+1;-1. The monoisotopic (exact) mass is 841 g/mol. The van der Waals surface area contributed by atoms with Crippen LogP contribution in [0.1, 0.15) is 32.6 Å². The van der Waals surface area contributed by atoms with Gasteiger partial charge in [0.2, 0.25) is 0 Å². The summed E-state index contributed by atoms with van der Waals surface area (Å²) in [5, 5.41) is 9.12. The van der Waals surface area contributed by atoms with E-state index >= 15 is 0 Å². The Labute approximate surface area is 368 Å². The third kappa shape index (κ3) is 19.8. The van der Waals surface area contributed by atoms with Crippen LogP contribution >= 0.6 is 0 Å². The van der Waals surface area contributed by atoms with Crippen LogP contribution in [0.4, 0.5) is 11.6 Å². The second-order valence-corrected chi connectivity index (χ2v) is 28.3. The van der Waals surface area contributed by atoms with Crippen molar-refractivity contribution in [3.05, 3.63) is 44.5 Å². The summed E-state index contributed by atoms with van der Waals surface area (Å²) in [7, 11) is 1.83. The van der Waals surface area contributed by atoms with Crippen molar-refractivity contribution in [2.45, 2.75) is 97.4 Å². The fraction of sp³-hybridized carbons (Fsp3) is 0.763. The van der Waals surface area contributed by atoms with Gasteiger partial charge in [-0.2, -0.15) is 0 Å². The maximum atomic E-state index is 13.0. The first kappa shape index (κ1) is 53.1. The number of carbonyl (C=O) groups is 1. The summed E-state index contributed by atoms with van der Waals surface area (Å²) >= 11 is 0. The number of esters is 1. The van der Waals surface area contributed by atoms with Crippen LogP contribution in [-0.2, 0) is 45.3 Å². The predicted molar refractivity (Wildman–Crippen MR) is 232 cm³/mol. The molecule has 15 nitrogen and oxygen atoms in total. The van der Waals surface area contributed by atoms with Gasteiger partial charge in [-0.3, -0.25) is 23.5 Å². The maximum Gasteiger partial charge on any atom is 1.00 e. The zero-order valence-electron chi connectivity index (χ0n) is 37.8. The smallest absolute Gasteiger partial charge is 1.00 e. The van der Waals surface area contributed by atoms with Crippen LogP contribution < -0.4 is 50.5 Å². The zero-order chi connectivity index (χ0) is 40.6. The number of nitrogens with zero attached hydrogens (tertiary/aromatic N) is 8. The Kier molecular flexibility index (Phi) is 24.6. The van der Waals surface area contributed by atoms with E-state index in [1.54, 1.807) is 28.5 Å². The second kappa shape index (κ2) is 26.4. The van der Waals surface area contributed by atoms with E-state index in [2.05, 4.69) is 78.0 Å². The molecule has 3 radical (unpaired) electrons. The molecule has 2 saturated heterocycles. The van der Waals surface area contributed by atoms with Gasteiger partial charge in [0.1, 0.15) is 13.5 Å². The average Bonchev–Trinajstić information content (AvgIpc) is 3.12. The van der Waals surface area contributed by atoms with Crippen LogP contribution in [0.15, 0.2) is 22.0 Å². The van der Waals surface area contributed by atoms with Crippen molar-refractivity contribution in [2.75, 3.05) is 103 Å². The van der Waals surface area contributed by atoms with Crippen molar-refractivity contribution in [1.29, 1.82) is 0 Å². The van der Waals surface area contributed by atoms with Crippen molar-refractivity contribution >= 4 is 42.2 Å². The largest absolute Gasteiger partial charge is 1.00 e. The molecule has 19 heteroatoms. The molecule has 0 saturated carbocycles. The third-order valence-corrected chi connectivity index (χ3v) is 13.0. The molecule has 0 unspecified atom stereocenters. The average molecular weight is 842 g/mol. The Morgan fingerprint density at radius 3 is 1.51 bits per heavy atom. The molecular formula is C38H71BN8NaO7Si2. The summed E-state index contributed by atoms with van der Waals surface area (Å²) in [5.41, 5.74) is 1.32. The number of anilines is 2. The molecule has 0 aromatic carbocycles. The number of ether oxygens (including phenoxy) is 3. The van der Waals surface area contributed by atoms with E-state index in [-0.39, 0.29) is 83.0 Å². The predicted octanol–water partition coefficient (Wildman–Crippen LogP) is -0.229. The Morgan fingerprint density at radius 1 is 0.737 bits per heavy atom. The van der Waals surface area contributed by atoms with Gasteiger partial charge in [0.25, 0.3) is 11.1 Å². The summed E-state index contributed by atoms with van der Waals surface area (Å²) in [4.78, 5) is 55.4. The van der Waals surface area contributed by atoms with Gasteiger partial charge in [-0.1, -0.05) is 39.3 Å². The van der Waals surface area contributed by atoms with E-state index in [1.807, 2.05) is 4.90 Å². The van der Waals surface area contributed by atoms with Crippen molar-refractivity contribution in [2.24, 2.45) is 0 Å². The van der Waals surface area contributed by atoms with E-state index in [0.717, 1.165) is 70.1 Å². The molecule has 4 heterocycles. The number of hydrogen-bond acceptors (Lipinski definition) is 13. The molecular weight excluding hydrogens is 770 g/mol. The number of likely N-dealkylation sites (N-methyl/N-ethyl adjacent to an activating group) is 2. The molecule has 2 aromatic heterocycles. The number of carbonyl (C=O) groups excluding carboxylic acids is 1. The number of rotatable bonds is 19. The first-order chi connectivity index (χ1) is 26.0. The van der Waals surface area contributed by atoms with Crippen LogP contribution in [0.2, 0.25) is 51.4 Å². The van der Waals surface area contributed by atoms with Crippen molar-refractivity contribution < 1.29 is 55.1 Å². The van der Waals surface area contributed by atoms with Crippen LogP contribution in [0.5, 0.6) is 0 Å². The fourth-order valence-corrected chi connectivity index (χ4v) is 7.36. The van der Waals surface area contributed by atoms with Gasteiger partial charge in [-0.25, -0.2) is 9.97 Å². The van der Waals surface area contributed by atoms with E-state index in [1.165, 1.54) is 0 Å². The summed E-state index contributed by atoms with van der Waals surface area (Å²) in [6.45, 7) is 24.7. The first-order valence-corrected chi connectivity index (χ1v) is 27.4. The van der Waals surface area contributed by atoms with Gasteiger partial charge < -0.3 is 40.3 Å². The molecule has 2 aliphatic rings. The SMILES string of the molecule is CCOC(=O)CCc1cn(COCC[Si](C)(C)C)c(=O)c(N2CCN(C)CC2)n1.CN1CCN(c2nc(CCCO)cn(COCC[Si](C)(C)C)c2=O)CC1.[B].[H-].[Na+]. The van der Waals surface area contributed by atoms with Gasteiger partial charge >= 0.3 is 35.5 Å². The first-order valence-electron chi connectivity index (χ1n) is 20.0. The number of aliphatic hydroxyl groups excluding tert-OH is 1. The van der Waals surface area contributed by atoms with E-state index in [9.17, 15) is 14.4 Å². The minimum absolute atomic E-state index is 0. The molecule has 2 aliphatic heterocycles. The Morgan fingerprint density at radius 2 is 1.14 bits per heavy atom. The number of hydrogen-bond donors (Lipinski definition) is 1. The minimum Gasteiger partial charge on any atom is -1.00 e. The summed E-state index contributed by atoms with van der Waals surface area (Å²) in [6, 6.07) is 2.13. The van der Waals surface area contributed by atoms with Crippen molar-refractivity contribution in [3.63, 3.8) is 0 Å². The molecule has 317 valence electrons. The van der Waals surface area contributed by atoms with Gasteiger partial charge in [-0.05, 0) is 45.9 Å². The molecule has 0 atom stereocenters. The molecule has 1 N–H and O–H groups in total. The third-order valence-electron chi connectivity index (χ3n) is 9.55. The number of aryl methyl sites for hydroxylation is 2. The topological polar surface area (TPSA) is 148 Å². The van der Waals surface area contributed by atoms with E-state index < -0.39 is 16.1 Å². The molecule has 2 fully saturated rings. The molecule has 0 aliphatic carbocycles. The Balaban J connectivity index is 0.00000107. The molecule has 57 heavy (non-hydrogen) atoms. The summed E-state index contributed by atoms with van der Waals surface area (Å²) in [5.74, 6) is 0.718. The van der Waals surface area contributed by atoms with Gasteiger partial charge in [-0.15, -0.1) is 0 Å². The summed E-state index contributed by atoms with van der Waals surface area (Å²) < 4.78 is 19.8. The molecule has 0 bridgehead atoms. The maximum absolute atomic E-state index is 13.0. The quantitative estimate of drug-likeness (QED) is 0.113. The summed E-state index contributed by atoms with van der Waals surface area (Å²) in [6.07, 6.45) is 5.49. The van der Waals surface area contributed by atoms with Crippen LogP contribution in [0.3, 0.4) is 0 Å². The van der Waals surface area contributed by atoms with Gasteiger partial charge in [0.15, 0.2) is 11.6 Å². The number of aromatic nitrogens is 4. The Bertz CT molecular complexity index is 1600. The normalized spacial score (nSPS) is 15.3. The number of piperazine rings is 2. The second-order valence-electron chi connectivity index (χ2n) is 17.1. The zero-order valence-corrected chi connectivity index (χ0v) is 40.8. The minimum atomic E-state index is -1.19.